The Labute approximate surface area is 140 Å². The molecule has 0 spiro atoms. The second-order valence-electron chi connectivity index (χ2n) is 4.90. The van der Waals surface area contributed by atoms with Crippen LogP contribution in [0.25, 0.3) is 0 Å². The zero-order chi connectivity index (χ0) is 14.8. The molecule has 2 aromatic rings. The average molecular weight is 413 g/mol. The standard InChI is InChI=1S/C16H15Br2NO2/c17-11-4-1-3-10(7-11)16(19)12-8-14-15(9-13(12)18)21-6-2-5-20-14/h1,3-4,7-9,16H,2,5-6,19H2. The fourth-order valence-corrected chi connectivity index (χ4v) is 3.30. The zero-order valence-corrected chi connectivity index (χ0v) is 14.5. The van der Waals surface area contributed by atoms with Crippen molar-refractivity contribution in [2.45, 2.75) is 12.5 Å². The van der Waals surface area contributed by atoms with Crippen LogP contribution in [0.4, 0.5) is 0 Å². The lowest BCUT2D eigenvalue weighted by molar-refractivity contribution is 0.297. The highest BCUT2D eigenvalue weighted by Crippen LogP contribution is 2.38. The average Bonchev–Trinajstić information content (AvgIpc) is 2.70. The summed E-state index contributed by atoms with van der Waals surface area (Å²) < 4.78 is 13.4. The predicted molar refractivity (Wildman–Crippen MR) is 89.9 cm³/mol. The molecule has 0 saturated heterocycles. The SMILES string of the molecule is NC(c1cccc(Br)c1)c1cc2c(cc1Br)OCCCO2. The molecule has 2 aromatic carbocycles. The van der Waals surface area contributed by atoms with Gasteiger partial charge in [-0.15, -0.1) is 0 Å². The number of hydrogen-bond donors (Lipinski definition) is 1. The zero-order valence-electron chi connectivity index (χ0n) is 11.3. The summed E-state index contributed by atoms with van der Waals surface area (Å²) in [5.74, 6) is 1.53. The van der Waals surface area contributed by atoms with E-state index in [1.165, 1.54) is 0 Å². The Morgan fingerprint density at radius 3 is 2.43 bits per heavy atom. The summed E-state index contributed by atoms with van der Waals surface area (Å²) in [6, 6.07) is 11.7. The molecule has 0 amide bonds. The molecule has 2 N–H and O–H groups in total. The number of halogens is 2. The molecule has 110 valence electrons. The Morgan fingerprint density at radius 2 is 1.71 bits per heavy atom. The molecule has 0 aliphatic carbocycles. The van der Waals surface area contributed by atoms with Crippen LogP contribution in [-0.4, -0.2) is 13.2 Å². The lowest BCUT2D eigenvalue weighted by Gasteiger charge is -2.17. The van der Waals surface area contributed by atoms with Crippen molar-refractivity contribution in [3.05, 3.63) is 56.5 Å². The molecule has 5 heteroatoms. The van der Waals surface area contributed by atoms with E-state index in [9.17, 15) is 0 Å². The summed E-state index contributed by atoms with van der Waals surface area (Å²) in [6.07, 6.45) is 0.888. The molecule has 3 rings (SSSR count). The van der Waals surface area contributed by atoms with E-state index >= 15 is 0 Å². The van der Waals surface area contributed by atoms with Gasteiger partial charge in [0.15, 0.2) is 11.5 Å². The smallest absolute Gasteiger partial charge is 0.162 e. The minimum atomic E-state index is -0.228. The van der Waals surface area contributed by atoms with E-state index in [2.05, 4.69) is 31.9 Å². The van der Waals surface area contributed by atoms with Crippen molar-refractivity contribution in [3.63, 3.8) is 0 Å². The number of fused-ring (bicyclic) bond motifs is 1. The van der Waals surface area contributed by atoms with E-state index in [4.69, 9.17) is 15.2 Å². The van der Waals surface area contributed by atoms with Gasteiger partial charge in [-0.2, -0.15) is 0 Å². The van der Waals surface area contributed by atoms with E-state index < -0.39 is 0 Å². The van der Waals surface area contributed by atoms with Crippen molar-refractivity contribution in [2.24, 2.45) is 5.73 Å². The minimum absolute atomic E-state index is 0.228. The molecule has 1 aliphatic rings. The molecular formula is C16H15Br2NO2. The molecule has 0 bridgehead atoms. The maximum Gasteiger partial charge on any atom is 0.162 e. The number of ether oxygens (including phenoxy) is 2. The Morgan fingerprint density at radius 1 is 1.00 bits per heavy atom. The third kappa shape index (κ3) is 3.25. The van der Waals surface area contributed by atoms with Crippen molar-refractivity contribution >= 4 is 31.9 Å². The van der Waals surface area contributed by atoms with E-state index in [1.54, 1.807) is 0 Å². The van der Waals surface area contributed by atoms with E-state index in [0.29, 0.717) is 13.2 Å². The van der Waals surface area contributed by atoms with Crippen molar-refractivity contribution in [3.8, 4) is 11.5 Å². The van der Waals surface area contributed by atoms with Crippen LogP contribution >= 0.6 is 31.9 Å². The quantitative estimate of drug-likeness (QED) is 0.793. The van der Waals surface area contributed by atoms with Gasteiger partial charge in [-0.05, 0) is 35.4 Å². The molecular weight excluding hydrogens is 398 g/mol. The van der Waals surface area contributed by atoms with Crippen LogP contribution in [0.3, 0.4) is 0 Å². The fraction of sp³-hybridized carbons (Fsp3) is 0.250. The van der Waals surface area contributed by atoms with Crippen LogP contribution < -0.4 is 15.2 Å². The molecule has 3 nitrogen and oxygen atoms in total. The van der Waals surface area contributed by atoms with E-state index in [-0.39, 0.29) is 6.04 Å². The van der Waals surface area contributed by atoms with Gasteiger partial charge in [0.2, 0.25) is 0 Å². The van der Waals surface area contributed by atoms with Crippen LogP contribution in [0.5, 0.6) is 11.5 Å². The predicted octanol–water partition coefficient (Wildman–Crippen LogP) is 4.42. The van der Waals surface area contributed by atoms with Crippen LogP contribution in [0, 0.1) is 0 Å². The first-order valence-corrected chi connectivity index (χ1v) is 8.34. The van der Waals surface area contributed by atoms with Gasteiger partial charge in [0.1, 0.15) is 0 Å². The third-order valence-corrected chi connectivity index (χ3v) is 4.59. The lowest BCUT2D eigenvalue weighted by Crippen LogP contribution is -2.13. The van der Waals surface area contributed by atoms with Crippen LogP contribution in [0.1, 0.15) is 23.6 Å². The van der Waals surface area contributed by atoms with Crippen molar-refractivity contribution in [2.75, 3.05) is 13.2 Å². The van der Waals surface area contributed by atoms with Gasteiger partial charge in [0.05, 0.1) is 19.3 Å². The molecule has 0 saturated carbocycles. The largest absolute Gasteiger partial charge is 0.490 e. The molecule has 0 aromatic heterocycles. The van der Waals surface area contributed by atoms with Crippen LogP contribution in [-0.2, 0) is 0 Å². The number of nitrogens with two attached hydrogens (primary N) is 1. The number of hydrogen-bond acceptors (Lipinski definition) is 3. The molecule has 0 fully saturated rings. The van der Waals surface area contributed by atoms with Gasteiger partial charge in [-0.1, -0.05) is 44.0 Å². The summed E-state index contributed by atoms with van der Waals surface area (Å²) >= 11 is 7.07. The second kappa shape index (κ2) is 6.38. The summed E-state index contributed by atoms with van der Waals surface area (Å²) in [7, 11) is 0. The molecule has 1 heterocycles. The Bertz CT molecular complexity index is 661. The molecule has 0 radical (unpaired) electrons. The normalized spacial score (nSPS) is 15.4. The molecule has 1 aliphatic heterocycles. The first kappa shape index (κ1) is 14.9. The van der Waals surface area contributed by atoms with Gasteiger partial charge in [-0.25, -0.2) is 0 Å². The highest BCUT2D eigenvalue weighted by atomic mass is 79.9. The minimum Gasteiger partial charge on any atom is -0.490 e. The summed E-state index contributed by atoms with van der Waals surface area (Å²) in [5, 5.41) is 0. The van der Waals surface area contributed by atoms with Gasteiger partial charge in [0, 0.05) is 15.4 Å². The second-order valence-corrected chi connectivity index (χ2v) is 6.67. The third-order valence-electron chi connectivity index (χ3n) is 3.41. The highest BCUT2D eigenvalue weighted by Gasteiger charge is 2.18. The number of benzene rings is 2. The Hall–Kier alpha value is -1.04. The number of rotatable bonds is 2. The summed E-state index contributed by atoms with van der Waals surface area (Å²) in [5.41, 5.74) is 8.44. The first-order valence-electron chi connectivity index (χ1n) is 6.75. The highest BCUT2D eigenvalue weighted by molar-refractivity contribution is 9.10. The first-order chi connectivity index (χ1) is 10.1. The topological polar surface area (TPSA) is 44.5 Å². The maximum atomic E-state index is 6.41. The van der Waals surface area contributed by atoms with Crippen molar-refractivity contribution < 1.29 is 9.47 Å². The summed E-state index contributed by atoms with van der Waals surface area (Å²) in [6.45, 7) is 1.34. The molecule has 1 atom stereocenters. The summed E-state index contributed by atoms with van der Waals surface area (Å²) in [4.78, 5) is 0. The van der Waals surface area contributed by atoms with Gasteiger partial charge < -0.3 is 15.2 Å². The van der Waals surface area contributed by atoms with Crippen LogP contribution in [0.2, 0.25) is 0 Å². The van der Waals surface area contributed by atoms with Gasteiger partial charge in [-0.3, -0.25) is 0 Å². The Balaban J connectivity index is 2.00. The molecule has 21 heavy (non-hydrogen) atoms. The van der Waals surface area contributed by atoms with Crippen LogP contribution in [0.15, 0.2) is 45.3 Å². The Kier molecular flexibility index (Phi) is 4.52. The van der Waals surface area contributed by atoms with Crippen molar-refractivity contribution in [1.29, 1.82) is 0 Å². The van der Waals surface area contributed by atoms with E-state index in [0.717, 1.165) is 38.0 Å². The monoisotopic (exact) mass is 411 g/mol. The fourth-order valence-electron chi connectivity index (χ4n) is 2.32. The van der Waals surface area contributed by atoms with Crippen molar-refractivity contribution in [1.82, 2.24) is 0 Å². The van der Waals surface area contributed by atoms with Gasteiger partial charge in [0.25, 0.3) is 0 Å². The maximum absolute atomic E-state index is 6.41. The van der Waals surface area contributed by atoms with E-state index in [1.807, 2.05) is 36.4 Å². The van der Waals surface area contributed by atoms with Gasteiger partial charge >= 0.3 is 0 Å². The lowest BCUT2D eigenvalue weighted by atomic mass is 9.99. The molecule has 1 unspecified atom stereocenters.